The maximum atomic E-state index is 13.8. The van der Waals surface area contributed by atoms with Crippen LogP contribution in [0.25, 0.3) is 10.9 Å². The van der Waals surface area contributed by atoms with Gasteiger partial charge in [-0.15, -0.1) is 0 Å². The van der Waals surface area contributed by atoms with Crippen molar-refractivity contribution in [3.05, 3.63) is 70.9 Å². The molecule has 2 unspecified atom stereocenters. The Morgan fingerprint density at radius 3 is 2.61 bits per heavy atom. The molecular formula is C25H24ClFN2O2. The normalized spacial score (nSPS) is 27.5. The van der Waals surface area contributed by atoms with Crippen molar-refractivity contribution in [1.82, 2.24) is 9.97 Å². The molecule has 1 N–H and O–H groups in total. The number of nitrogens with zero attached hydrogens (tertiary/aromatic N) is 2. The Morgan fingerprint density at radius 2 is 1.90 bits per heavy atom. The molecule has 1 aromatic carbocycles. The molecule has 5 rings (SSSR count). The van der Waals surface area contributed by atoms with Crippen LogP contribution in [-0.4, -0.2) is 26.5 Å². The molecule has 2 aliphatic rings. The van der Waals surface area contributed by atoms with Crippen LogP contribution < -0.4 is 0 Å². The average Bonchev–Trinajstić information content (AvgIpc) is 3.23. The second-order valence-corrected chi connectivity index (χ2v) is 9.65. The van der Waals surface area contributed by atoms with Crippen molar-refractivity contribution in [3.63, 3.8) is 0 Å². The number of aromatic nitrogens is 2. The van der Waals surface area contributed by atoms with Gasteiger partial charge in [0.15, 0.2) is 0 Å². The van der Waals surface area contributed by atoms with Crippen LogP contribution in [0.2, 0.25) is 5.15 Å². The van der Waals surface area contributed by atoms with Crippen molar-refractivity contribution in [2.24, 2.45) is 11.8 Å². The van der Waals surface area contributed by atoms with Crippen molar-refractivity contribution in [3.8, 4) is 0 Å². The van der Waals surface area contributed by atoms with E-state index in [0.717, 1.165) is 34.9 Å². The first-order valence-corrected chi connectivity index (χ1v) is 11.1. The summed E-state index contributed by atoms with van der Waals surface area (Å²) in [6, 6.07) is 10.2. The third-order valence-corrected chi connectivity index (χ3v) is 7.24. The van der Waals surface area contributed by atoms with Crippen LogP contribution in [0.4, 0.5) is 4.39 Å². The van der Waals surface area contributed by atoms with E-state index in [4.69, 9.17) is 11.6 Å². The molecule has 31 heavy (non-hydrogen) atoms. The lowest BCUT2D eigenvalue weighted by Crippen LogP contribution is -2.30. The van der Waals surface area contributed by atoms with E-state index in [1.165, 1.54) is 6.07 Å². The Labute approximate surface area is 185 Å². The van der Waals surface area contributed by atoms with Crippen molar-refractivity contribution < 1.29 is 14.3 Å². The minimum absolute atomic E-state index is 0.0266. The largest absolute Gasteiger partial charge is 0.389 e. The molecule has 3 aromatic rings. The van der Waals surface area contributed by atoms with Gasteiger partial charge in [0.05, 0.1) is 11.1 Å². The first-order chi connectivity index (χ1) is 14.9. The van der Waals surface area contributed by atoms with Crippen LogP contribution in [-0.2, 0) is 11.2 Å². The van der Waals surface area contributed by atoms with Crippen LogP contribution in [0, 0.1) is 17.7 Å². The number of aliphatic hydroxyl groups is 1. The molecule has 6 heteroatoms. The molecule has 0 saturated heterocycles. The average molecular weight is 439 g/mol. The third kappa shape index (κ3) is 4.21. The fraction of sp³-hybridized carbons (Fsp3) is 0.400. The summed E-state index contributed by atoms with van der Waals surface area (Å²) in [5.74, 6) is 0.888. The zero-order chi connectivity index (χ0) is 21.6. The zero-order valence-corrected chi connectivity index (χ0v) is 17.9. The number of carbonyl (C=O) groups is 1. The van der Waals surface area contributed by atoms with E-state index in [9.17, 15) is 14.3 Å². The molecule has 2 heterocycles. The minimum Gasteiger partial charge on any atom is -0.389 e. The number of rotatable bonds is 5. The van der Waals surface area contributed by atoms with Gasteiger partial charge in [-0.1, -0.05) is 17.7 Å². The highest BCUT2D eigenvalue weighted by Gasteiger charge is 2.49. The lowest BCUT2D eigenvalue weighted by molar-refractivity contribution is -0.123. The monoisotopic (exact) mass is 438 g/mol. The van der Waals surface area contributed by atoms with Gasteiger partial charge in [0, 0.05) is 30.6 Å². The molecule has 2 saturated carbocycles. The number of hydrogen-bond donors (Lipinski definition) is 1. The predicted octanol–water partition coefficient (Wildman–Crippen LogP) is 5.26. The van der Waals surface area contributed by atoms with E-state index in [0.29, 0.717) is 35.7 Å². The standard InChI is InChI=1S/C25H24ClFN2O2/c26-24-4-1-15(14-29-24)7-20(30)13-25(31)11-17-8-16(9-18(17)12-25)21-5-6-28-23-3-2-19(27)10-22(21)23/h1-6,10,14,16-18,31H,7-9,11-13H2/t16?,17-,18+,25?. The topological polar surface area (TPSA) is 63.1 Å². The van der Waals surface area contributed by atoms with Crippen molar-refractivity contribution >= 4 is 28.3 Å². The minimum atomic E-state index is -0.927. The summed E-state index contributed by atoms with van der Waals surface area (Å²) in [6.45, 7) is 0. The number of benzene rings is 1. The number of ketones is 1. The number of Topliss-reactive ketones (excluding diaryl/α,β-unsaturated/α-hetero) is 1. The van der Waals surface area contributed by atoms with Gasteiger partial charge in [0.25, 0.3) is 0 Å². The van der Waals surface area contributed by atoms with Crippen LogP contribution in [0.3, 0.4) is 0 Å². The Bertz CT molecular complexity index is 1120. The Hall–Kier alpha value is -2.37. The van der Waals surface area contributed by atoms with E-state index < -0.39 is 5.60 Å². The highest BCUT2D eigenvalue weighted by Crippen LogP contribution is 2.55. The lowest BCUT2D eigenvalue weighted by Gasteiger charge is -2.24. The maximum absolute atomic E-state index is 13.8. The predicted molar refractivity (Wildman–Crippen MR) is 117 cm³/mol. The van der Waals surface area contributed by atoms with Gasteiger partial charge in [0.1, 0.15) is 16.8 Å². The van der Waals surface area contributed by atoms with E-state index in [1.807, 2.05) is 6.07 Å². The molecule has 0 spiro atoms. The molecule has 2 aromatic heterocycles. The maximum Gasteiger partial charge on any atom is 0.140 e. The highest BCUT2D eigenvalue weighted by atomic mass is 35.5. The molecule has 0 aliphatic heterocycles. The summed E-state index contributed by atoms with van der Waals surface area (Å²) in [7, 11) is 0. The Balaban J connectivity index is 1.25. The molecule has 0 bridgehead atoms. The second kappa shape index (κ2) is 7.95. The first-order valence-electron chi connectivity index (χ1n) is 10.8. The van der Waals surface area contributed by atoms with E-state index in [1.54, 1.807) is 36.7 Å². The molecule has 2 aliphatic carbocycles. The van der Waals surface area contributed by atoms with Crippen molar-refractivity contribution in [2.75, 3.05) is 0 Å². The molecule has 160 valence electrons. The van der Waals surface area contributed by atoms with Crippen LogP contribution in [0.15, 0.2) is 48.8 Å². The number of hydrogen-bond acceptors (Lipinski definition) is 4. The third-order valence-electron chi connectivity index (χ3n) is 7.02. The molecule has 4 atom stereocenters. The van der Waals surface area contributed by atoms with Gasteiger partial charge in [-0.05, 0) is 84.9 Å². The molecule has 0 radical (unpaired) electrons. The van der Waals surface area contributed by atoms with Gasteiger partial charge in [-0.25, -0.2) is 9.37 Å². The Kier molecular flexibility index (Phi) is 5.27. The molecule has 0 amide bonds. The van der Waals surface area contributed by atoms with Gasteiger partial charge < -0.3 is 5.11 Å². The van der Waals surface area contributed by atoms with Crippen molar-refractivity contribution in [1.29, 1.82) is 0 Å². The number of fused-ring (bicyclic) bond motifs is 2. The van der Waals surface area contributed by atoms with Gasteiger partial charge in [0.2, 0.25) is 0 Å². The first kappa shape index (κ1) is 20.5. The smallest absolute Gasteiger partial charge is 0.140 e. The Morgan fingerprint density at radius 1 is 1.13 bits per heavy atom. The number of pyridine rings is 2. The van der Waals surface area contributed by atoms with Crippen LogP contribution in [0.1, 0.15) is 49.1 Å². The second-order valence-electron chi connectivity index (χ2n) is 9.26. The van der Waals surface area contributed by atoms with E-state index >= 15 is 0 Å². The van der Waals surface area contributed by atoms with Gasteiger partial charge in [-0.2, -0.15) is 0 Å². The molecule has 2 fully saturated rings. The molecular weight excluding hydrogens is 415 g/mol. The summed E-state index contributed by atoms with van der Waals surface area (Å²) in [6.07, 6.45) is 7.06. The summed E-state index contributed by atoms with van der Waals surface area (Å²) in [4.78, 5) is 21.0. The summed E-state index contributed by atoms with van der Waals surface area (Å²) >= 11 is 5.80. The van der Waals surface area contributed by atoms with Crippen molar-refractivity contribution in [2.45, 2.75) is 50.0 Å². The summed E-state index contributed by atoms with van der Waals surface area (Å²) in [5.41, 5.74) is 1.85. The fourth-order valence-electron chi connectivity index (χ4n) is 5.83. The summed E-state index contributed by atoms with van der Waals surface area (Å²) < 4.78 is 13.8. The lowest BCUT2D eigenvalue weighted by atomic mass is 9.86. The van der Waals surface area contributed by atoms with Crippen LogP contribution >= 0.6 is 11.6 Å². The number of carbonyl (C=O) groups excluding carboxylic acids is 1. The zero-order valence-electron chi connectivity index (χ0n) is 17.1. The van der Waals surface area contributed by atoms with E-state index in [-0.39, 0.29) is 24.4 Å². The highest BCUT2D eigenvalue weighted by molar-refractivity contribution is 6.29. The SMILES string of the molecule is O=C(Cc1ccc(Cl)nc1)CC1(O)C[C@H]2CC(c3ccnc4ccc(F)cc34)C[C@H]2C1. The van der Waals surface area contributed by atoms with Crippen LogP contribution in [0.5, 0.6) is 0 Å². The van der Waals surface area contributed by atoms with Gasteiger partial charge >= 0.3 is 0 Å². The fourth-order valence-corrected chi connectivity index (χ4v) is 5.95. The quantitative estimate of drug-likeness (QED) is 0.552. The molecule has 4 nitrogen and oxygen atoms in total. The van der Waals surface area contributed by atoms with Gasteiger partial charge in [-0.3, -0.25) is 9.78 Å². The number of halogens is 2. The van der Waals surface area contributed by atoms with E-state index in [2.05, 4.69) is 9.97 Å². The summed E-state index contributed by atoms with van der Waals surface area (Å²) in [5, 5.41) is 12.4.